The van der Waals surface area contributed by atoms with Crippen LogP contribution in [0.4, 0.5) is 0 Å². The molecule has 0 aliphatic rings. The second kappa shape index (κ2) is 5.58. The molecule has 0 aromatic carbocycles. The molecule has 0 aliphatic heterocycles. The van der Waals surface area contributed by atoms with Crippen LogP contribution in [0.3, 0.4) is 0 Å². The van der Waals surface area contributed by atoms with Crippen LogP contribution in [0, 0.1) is 0 Å². The van der Waals surface area contributed by atoms with E-state index in [9.17, 15) is 0 Å². The molecule has 1 rings (SSSR count). The van der Waals surface area contributed by atoms with Crippen LogP contribution in [-0.2, 0) is 0 Å². The molecular weight excluding hydrogens is 246 g/mol. The Bertz CT molecular complexity index is 270. The lowest BCUT2D eigenvalue weighted by atomic mass is 10.2. The third-order valence-electron chi connectivity index (χ3n) is 1.81. The van der Waals surface area contributed by atoms with Gasteiger partial charge in [0.25, 0.3) is 0 Å². The average molecular weight is 260 g/mol. The molecule has 1 atom stereocenters. The molecule has 1 heterocycles. The van der Waals surface area contributed by atoms with Gasteiger partial charge in [0.15, 0.2) is 0 Å². The zero-order valence-corrected chi connectivity index (χ0v) is 10.1. The van der Waals surface area contributed by atoms with Gasteiger partial charge in [0.05, 0.1) is 0 Å². The van der Waals surface area contributed by atoms with Gasteiger partial charge >= 0.3 is 0 Å². The molecule has 1 N–H and O–H groups in total. The van der Waals surface area contributed by atoms with Crippen LogP contribution in [0.15, 0.2) is 28.6 Å². The van der Waals surface area contributed by atoms with E-state index in [1.807, 2.05) is 6.08 Å². The smallest absolute Gasteiger partial charge is 0.0386 e. The van der Waals surface area contributed by atoms with E-state index in [0.717, 1.165) is 13.0 Å². The van der Waals surface area contributed by atoms with E-state index in [4.69, 9.17) is 0 Å². The summed E-state index contributed by atoms with van der Waals surface area (Å²) in [5, 5.41) is 5.54. The van der Waals surface area contributed by atoms with Crippen LogP contribution in [0.5, 0.6) is 0 Å². The summed E-state index contributed by atoms with van der Waals surface area (Å²) < 4.78 is 1.17. The van der Waals surface area contributed by atoms with Crippen molar-refractivity contribution < 1.29 is 0 Å². The third-order valence-corrected chi connectivity index (χ3v) is 3.69. The first-order valence-electron chi connectivity index (χ1n) is 4.32. The Morgan fingerprint density at radius 2 is 2.54 bits per heavy atom. The van der Waals surface area contributed by atoms with E-state index in [0.29, 0.717) is 6.04 Å². The molecule has 1 nitrogen and oxygen atoms in total. The predicted molar refractivity (Wildman–Crippen MR) is 63.3 cm³/mol. The monoisotopic (exact) mass is 259 g/mol. The Labute approximate surface area is 92.0 Å². The minimum atomic E-state index is 0.441. The van der Waals surface area contributed by atoms with Crippen molar-refractivity contribution in [3.63, 3.8) is 0 Å². The van der Waals surface area contributed by atoms with Crippen molar-refractivity contribution in [2.45, 2.75) is 19.4 Å². The molecule has 0 saturated carbocycles. The van der Waals surface area contributed by atoms with Gasteiger partial charge in [0.2, 0.25) is 0 Å². The second-order valence-electron chi connectivity index (χ2n) is 2.92. The molecule has 1 aromatic heterocycles. The summed E-state index contributed by atoms with van der Waals surface area (Å²) in [6, 6.07) is 2.60. The van der Waals surface area contributed by atoms with Gasteiger partial charge in [0, 0.05) is 20.8 Å². The number of thiophene rings is 1. The van der Waals surface area contributed by atoms with Gasteiger partial charge in [-0.25, -0.2) is 0 Å². The zero-order valence-electron chi connectivity index (χ0n) is 7.72. The van der Waals surface area contributed by atoms with Crippen molar-refractivity contribution in [2.75, 3.05) is 6.54 Å². The zero-order chi connectivity index (χ0) is 9.68. The van der Waals surface area contributed by atoms with Crippen molar-refractivity contribution in [2.24, 2.45) is 0 Å². The van der Waals surface area contributed by atoms with Crippen LogP contribution in [-0.4, -0.2) is 6.54 Å². The van der Waals surface area contributed by atoms with Crippen molar-refractivity contribution in [3.8, 4) is 0 Å². The lowest BCUT2D eigenvalue weighted by molar-refractivity contribution is 0.589. The number of halogens is 1. The van der Waals surface area contributed by atoms with Gasteiger partial charge in [-0.05, 0) is 41.9 Å². The van der Waals surface area contributed by atoms with Crippen LogP contribution in [0.2, 0.25) is 0 Å². The Balaban J connectivity index is 2.39. The molecule has 3 heteroatoms. The largest absolute Gasteiger partial charge is 0.309 e. The summed E-state index contributed by atoms with van der Waals surface area (Å²) in [7, 11) is 0. The van der Waals surface area contributed by atoms with Crippen molar-refractivity contribution in [3.05, 3.63) is 33.5 Å². The predicted octanol–water partition coefficient (Wildman–Crippen LogP) is 3.74. The van der Waals surface area contributed by atoms with Crippen LogP contribution in [0.25, 0.3) is 0 Å². The summed E-state index contributed by atoms with van der Waals surface area (Å²) in [5.41, 5.74) is 0. The average Bonchev–Trinajstić information content (AvgIpc) is 2.52. The summed E-state index contributed by atoms with van der Waals surface area (Å²) in [6.07, 6.45) is 2.96. The SMILES string of the molecule is C=CCCNC(C)c1cc(Br)cs1. The van der Waals surface area contributed by atoms with Crippen LogP contribution in [0.1, 0.15) is 24.3 Å². The standard InChI is InChI=1S/C10H14BrNS/c1-3-4-5-12-8(2)10-6-9(11)7-13-10/h3,6-8,12H,1,4-5H2,2H3. The fraction of sp³-hybridized carbons (Fsp3) is 0.400. The molecular formula is C10H14BrNS. The summed E-state index contributed by atoms with van der Waals surface area (Å²) in [5.74, 6) is 0. The fourth-order valence-corrected chi connectivity index (χ4v) is 2.54. The first-order chi connectivity index (χ1) is 6.24. The Hall–Kier alpha value is -0.120. The number of nitrogens with one attached hydrogen (secondary N) is 1. The van der Waals surface area contributed by atoms with Gasteiger partial charge in [-0.15, -0.1) is 17.9 Å². The number of rotatable bonds is 5. The highest BCUT2D eigenvalue weighted by Crippen LogP contribution is 2.25. The molecule has 0 fully saturated rings. The molecule has 0 spiro atoms. The van der Waals surface area contributed by atoms with Gasteiger partial charge in [-0.2, -0.15) is 0 Å². The maximum absolute atomic E-state index is 3.69. The molecule has 13 heavy (non-hydrogen) atoms. The van der Waals surface area contributed by atoms with Crippen molar-refractivity contribution >= 4 is 27.3 Å². The quantitative estimate of drug-likeness (QED) is 0.628. The van der Waals surface area contributed by atoms with E-state index in [1.165, 1.54) is 9.35 Å². The molecule has 0 aliphatic carbocycles. The van der Waals surface area contributed by atoms with Gasteiger partial charge in [0.1, 0.15) is 0 Å². The number of hydrogen-bond donors (Lipinski definition) is 1. The maximum atomic E-state index is 3.69. The second-order valence-corrected chi connectivity index (χ2v) is 4.78. The highest BCUT2D eigenvalue weighted by molar-refractivity contribution is 9.10. The Morgan fingerprint density at radius 1 is 1.77 bits per heavy atom. The van der Waals surface area contributed by atoms with Crippen molar-refractivity contribution in [1.82, 2.24) is 5.32 Å². The van der Waals surface area contributed by atoms with Gasteiger partial charge < -0.3 is 5.32 Å². The Morgan fingerprint density at radius 3 is 3.08 bits per heavy atom. The normalized spacial score (nSPS) is 12.8. The van der Waals surface area contributed by atoms with E-state index < -0.39 is 0 Å². The van der Waals surface area contributed by atoms with E-state index in [1.54, 1.807) is 11.3 Å². The van der Waals surface area contributed by atoms with Gasteiger partial charge in [-0.3, -0.25) is 0 Å². The van der Waals surface area contributed by atoms with Crippen LogP contribution < -0.4 is 5.32 Å². The van der Waals surface area contributed by atoms with Crippen LogP contribution >= 0.6 is 27.3 Å². The first-order valence-corrected chi connectivity index (χ1v) is 5.99. The summed E-state index contributed by atoms with van der Waals surface area (Å²) >= 11 is 5.23. The molecule has 1 unspecified atom stereocenters. The highest BCUT2D eigenvalue weighted by atomic mass is 79.9. The molecule has 72 valence electrons. The molecule has 0 amide bonds. The van der Waals surface area contributed by atoms with Gasteiger partial charge in [-0.1, -0.05) is 6.08 Å². The fourth-order valence-electron chi connectivity index (χ4n) is 1.06. The highest BCUT2D eigenvalue weighted by Gasteiger charge is 2.05. The maximum Gasteiger partial charge on any atom is 0.0386 e. The first kappa shape index (κ1) is 11.0. The topological polar surface area (TPSA) is 12.0 Å². The Kier molecular flexibility index (Phi) is 4.70. The lowest BCUT2D eigenvalue weighted by Gasteiger charge is -2.10. The number of hydrogen-bond acceptors (Lipinski definition) is 2. The molecule has 1 aromatic rings. The van der Waals surface area contributed by atoms with Crippen molar-refractivity contribution in [1.29, 1.82) is 0 Å². The van der Waals surface area contributed by atoms with E-state index in [2.05, 4.69) is 46.2 Å². The molecule has 0 radical (unpaired) electrons. The summed E-state index contributed by atoms with van der Waals surface area (Å²) in [4.78, 5) is 1.37. The van der Waals surface area contributed by atoms with E-state index in [-0.39, 0.29) is 0 Å². The molecule has 0 bridgehead atoms. The third kappa shape index (κ3) is 3.63. The lowest BCUT2D eigenvalue weighted by Crippen LogP contribution is -2.18. The minimum Gasteiger partial charge on any atom is -0.309 e. The van der Waals surface area contributed by atoms with E-state index >= 15 is 0 Å². The summed E-state index contributed by atoms with van der Waals surface area (Å²) in [6.45, 7) is 6.87. The molecule has 0 saturated heterocycles. The minimum absolute atomic E-state index is 0.441.